The van der Waals surface area contributed by atoms with Crippen LogP contribution < -0.4 is 5.32 Å². The summed E-state index contributed by atoms with van der Waals surface area (Å²) < 4.78 is 71.3. The summed E-state index contributed by atoms with van der Waals surface area (Å²) >= 11 is 5.70. The van der Waals surface area contributed by atoms with E-state index in [9.17, 15) is 28.0 Å². The Morgan fingerprint density at radius 2 is 2.00 bits per heavy atom. The quantitative estimate of drug-likeness (QED) is 0.663. The molecule has 2 aromatic carbocycles. The van der Waals surface area contributed by atoms with Crippen LogP contribution in [0.25, 0.3) is 0 Å². The zero-order chi connectivity index (χ0) is 27.4. The van der Waals surface area contributed by atoms with Crippen LogP contribution in [0, 0.1) is 0 Å². The minimum atomic E-state index is -3.97. The molecule has 2 aliphatic rings. The molecular weight excluding hydrogens is 442 g/mol. The van der Waals surface area contributed by atoms with Gasteiger partial charge in [-0.05, 0) is 42.1 Å². The smallest absolute Gasteiger partial charge is 0.322 e. The third-order valence-corrected chi connectivity index (χ3v) is 5.41. The molecule has 0 spiro atoms. The number of carbonyl (C=O) groups is 4. The molecular formula is C23H19ClF2N2O4. The van der Waals surface area contributed by atoms with Gasteiger partial charge in [0.1, 0.15) is 6.04 Å². The van der Waals surface area contributed by atoms with Crippen molar-refractivity contribution < 1.29 is 34.8 Å². The normalized spacial score (nSPS) is 23.3. The molecule has 2 unspecified atom stereocenters. The number of ketones is 1. The summed E-state index contributed by atoms with van der Waals surface area (Å²) in [5, 5.41) is 2.21. The molecule has 2 aromatic rings. The van der Waals surface area contributed by atoms with Crippen LogP contribution >= 0.6 is 11.6 Å². The van der Waals surface area contributed by atoms with E-state index in [2.05, 4.69) is 0 Å². The predicted molar refractivity (Wildman–Crippen MR) is 111 cm³/mol. The number of hydrogen-bond acceptors (Lipinski definition) is 4. The van der Waals surface area contributed by atoms with Gasteiger partial charge >= 0.3 is 5.92 Å². The molecule has 1 fully saturated rings. The van der Waals surface area contributed by atoms with E-state index < -0.39 is 89.1 Å². The molecule has 0 bridgehead atoms. The first-order chi connectivity index (χ1) is 17.2. The number of benzene rings is 2. The highest BCUT2D eigenvalue weighted by Gasteiger charge is 2.41. The van der Waals surface area contributed by atoms with Crippen molar-refractivity contribution in [2.75, 3.05) is 0 Å². The van der Waals surface area contributed by atoms with Crippen LogP contribution in [-0.2, 0) is 33.2 Å². The van der Waals surface area contributed by atoms with Gasteiger partial charge in [-0.2, -0.15) is 8.78 Å². The van der Waals surface area contributed by atoms with Gasteiger partial charge in [-0.25, -0.2) is 0 Å². The SMILES string of the molecule is [2H]c1c(C([2H])CC(=O)C(F)(F)c2ccc(Cl)cc2)cc2c(c1[2H])C(=O)N(C1CCC(=O)NC1=O)C2([2H])[2H]. The van der Waals surface area contributed by atoms with Crippen molar-refractivity contribution in [1.29, 1.82) is 0 Å². The first kappa shape index (κ1) is 16.5. The number of nitrogens with zero attached hydrogens (tertiary/aromatic N) is 1. The number of fused-ring (bicyclic) bond motifs is 1. The lowest BCUT2D eigenvalue weighted by Crippen LogP contribution is -2.52. The Morgan fingerprint density at radius 3 is 2.69 bits per heavy atom. The van der Waals surface area contributed by atoms with Crippen LogP contribution in [0.4, 0.5) is 8.78 Å². The maximum absolute atomic E-state index is 14.7. The second-order valence-electron chi connectivity index (χ2n) is 7.30. The lowest BCUT2D eigenvalue weighted by molar-refractivity contribution is -0.144. The Bertz CT molecular complexity index is 1340. The average molecular weight is 466 g/mol. The number of carbonyl (C=O) groups excluding carboxylic acids is 4. The van der Waals surface area contributed by atoms with Gasteiger partial charge in [0, 0.05) is 36.9 Å². The van der Waals surface area contributed by atoms with E-state index >= 15 is 0 Å². The number of piperidine rings is 1. The molecule has 6 nitrogen and oxygen atoms in total. The maximum atomic E-state index is 14.7. The van der Waals surface area contributed by atoms with Crippen LogP contribution in [0.1, 0.15) is 53.2 Å². The van der Waals surface area contributed by atoms with E-state index in [4.69, 9.17) is 18.5 Å². The Morgan fingerprint density at radius 1 is 1.28 bits per heavy atom. The average Bonchev–Trinajstić information content (AvgIpc) is 3.01. The number of imide groups is 1. The Labute approximate surface area is 194 Å². The first-order valence-corrected chi connectivity index (χ1v) is 9.97. The molecule has 3 amide bonds. The Hall–Kier alpha value is -3.13. The lowest BCUT2D eigenvalue weighted by Gasteiger charge is -2.29. The minimum absolute atomic E-state index is 0.145. The fourth-order valence-electron chi connectivity index (χ4n) is 3.43. The predicted octanol–water partition coefficient (Wildman–Crippen LogP) is 3.39. The van der Waals surface area contributed by atoms with Gasteiger partial charge in [-0.1, -0.05) is 35.8 Å². The highest BCUT2D eigenvalue weighted by molar-refractivity contribution is 6.30. The summed E-state index contributed by atoms with van der Waals surface area (Å²) in [6.07, 6.45) is -3.14. The van der Waals surface area contributed by atoms with E-state index in [1.165, 1.54) is 12.1 Å². The van der Waals surface area contributed by atoms with Crippen molar-refractivity contribution >= 4 is 35.1 Å². The van der Waals surface area contributed by atoms with Gasteiger partial charge in [0.2, 0.25) is 17.6 Å². The second kappa shape index (κ2) is 8.43. The number of halogens is 3. The van der Waals surface area contributed by atoms with Crippen LogP contribution in [0.5, 0.6) is 0 Å². The molecule has 1 saturated heterocycles. The minimum Gasteiger partial charge on any atom is -0.322 e. The third-order valence-electron chi connectivity index (χ3n) is 5.16. The molecule has 0 aromatic heterocycles. The van der Waals surface area contributed by atoms with Gasteiger partial charge in [-0.15, -0.1) is 0 Å². The molecule has 0 aliphatic carbocycles. The number of hydrogen-bond donors (Lipinski definition) is 1. The highest BCUT2D eigenvalue weighted by Crippen LogP contribution is 2.32. The number of alkyl halides is 2. The zero-order valence-electron chi connectivity index (χ0n) is 21.4. The Kier molecular flexibility index (Phi) is 4.34. The number of rotatable bonds is 6. The number of aryl methyl sites for hydroxylation is 1. The molecule has 2 aliphatic heterocycles. The van der Waals surface area contributed by atoms with Crippen LogP contribution in [0.15, 0.2) is 42.4 Å². The molecule has 166 valence electrons. The molecule has 0 radical (unpaired) electrons. The molecule has 9 heteroatoms. The number of Topliss-reactive ketones (excluding diaryl/α,β-unsaturated/α-hetero) is 1. The largest absolute Gasteiger partial charge is 0.330 e. The number of amides is 3. The number of nitrogens with one attached hydrogen (secondary N) is 1. The summed E-state index contributed by atoms with van der Waals surface area (Å²) in [6, 6.07) is 2.41. The van der Waals surface area contributed by atoms with Crippen molar-refractivity contribution in [1.82, 2.24) is 10.2 Å². The Balaban J connectivity index is 1.67. The maximum Gasteiger partial charge on any atom is 0.330 e. The van der Waals surface area contributed by atoms with E-state index in [0.717, 1.165) is 18.2 Å². The summed E-state index contributed by atoms with van der Waals surface area (Å²) in [5.74, 6) is -8.14. The summed E-state index contributed by atoms with van der Waals surface area (Å²) in [5.41, 5.74) is -1.97. The summed E-state index contributed by atoms with van der Waals surface area (Å²) in [4.78, 5) is 49.9. The van der Waals surface area contributed by atoms with E-state index in [1.807, 2.05) is 5.32 Å². The fraction of sp³-hybridized carbons (Fsp3) is 0.304. The molecule has 2 heterocycles. The van der Waals surface area contributed by atoms with Crippen molar-refractivity contribution in [2.24, 2.45) is 0 Å². The zero-order valence-corrected chi connectivity index (χ0v) is 17.1. The standard InChI is InChI=1S/C23H19ClF2N2O4/c24-16-5-3-15(4-6-16)23(25,26)19(29)9-2-13-1-7-17-14(11-13)12-28(22(17)32)18-8-10-20(30)27-21(18)31/h1,3-7,11,18H,2,8-10,12H2,(H,27,30,31)/i1D,2D,7D,12D2. The van der Waals surface area contributed by atoms with E-state index in [0.29, 0.717) is 4.90 Å². The van der Waals surface area contributed by atoms with Gasteiger partial charge in [0.25, 0.3) is 5.91 Å². The van der Waals surface area contributed by atoms with Crippen molar-refractivity contribution in [2.45, 2.75) is 44.1 Å². The summed E-state index contributed by atoms with van der Waals surface area (Å²) in [7, 11) is 0. The van der Waals surface area contributed by atoms with Crippen molar-refractivity contribution in [3.05, 3.63) is 69.7 Å². The highest BCUT2D eigenvalue weighted by atomic mass is 35.5. The summed E-state index contributed by atoms with van der Waals surface area (Å²) in [6.45, 7) is -2.68. The van der Waals surface area contributed by atoms with Crippen LogP contribution in [-0.4, -0.2) is 34.4 Å². The van der Waals surface area contributed by atoms with Crippen LogP contribution in [0.3, 0.4) is 0 Å². The molecule has 0 saturated carbocycles. The molecule has 2 atom stereocenters. The molecule has 32 heavy (non-hydrogen) atoms. The van der Waals surface area contributed by atoms with Crippen molar-refractivity contribution in [3.63, 3.8) is 0 Å². The van der Waals surface area contributed by atoms with Gasteiger partial charge in [-0.3, -0.25) is 24.5 Å². The van der Waals surface area contributed by atoms with E-state index in [-0.39, 0.29) is 17.9 Å². The lowest BCUT2D eigenvalue weighted by atomic mass is 9.97. The van der Waals surface area contributed by atoms with E-state index in [1.54, 1.807) is 0 Å². The third kappa shape index (κ3) is 4.14. The second-order valence-corrected chi connectivity index (χ2v) is 7.74. The first-order valence-electron chi connectivity index (χ1n) is 12.2. The van der Waals surface area contributed by atoms with Gasteiger partial charge < -0.3 is 4.90 Å². The van der Waals surface area contributed by atoms with Crippen molar-refractivity contribution in [3.8, 4) is 0 Å². The topological polar surface area (TPSA) is 83.6 Å². The van der Waals surface area contributed by atoms with Crippen LogP contribution in [0.2, 0.25) is 5.02 Å². The van der Waals surface area contributed by atoms with Gasteiger partial charge in [0.05, 0.1) is 5.48 Å². The fourth-order valence-corrected chi connectivity index (χ4v) is 3.56. The van der Waals surface area contributed by atoms with Gasteiger partial charge in [0.15, 0.2) is 0 Å². The monoisotopic (exact) mass is 465 g/mol. The molecule has 1 N–H and O–H groups in total. The molecule has 4 rings (SSSR count).